The minimum Gasteiger partial charge on any atom is -0.385 e. The maximum atomic E-state index is 12.6. The third kappa shape index (κ3) is 3.96. The van der Waals surface area contributed by atoms with Gasteiger partial charge in [-0.25, -0.2) is 0 Å². The molecule has 1 saturated carbocycles. The highest BCUT2D eigenvalue weighted by Gasteiger charge is 2.27. The Hall–Kier alpha value is -1.58. The highest BCUT2D eigenvalue weighted by Crippen LogP contribution is 2.29. The minimum atomic E-state index is -0.00940. The lowest BCUT2D eigenvalue weighted by molar-refractivity contribution is 0.0900. The topological polar surface area (TPSA) is 54.0 Å². The predicted molar refractivity (Wildman–Crippen MR) is 86.6 cm³/mol. The Morgan fingerprint density at radius 3 is 2.81 bits per heavy atom. The Balaban J connectivity index is 2.09. The fourth-order valence-corrected chi connectivity index (χ4v) is 3.20. The van der Waals surface area contributed by atoms with Crippen molar-refractivity contribution in [1.29, 1.82) is 0 Å². The summed E-state index contributed by atoms with van der Waals surface area (Å²) in [5.74, 6) is 1.30. The van der Waals surface area contributed by atoms with Crippen LogP contribution in [0.1, 0.15) is 56.1 Å². The van der Waals surface area contributed by atoms with Crippen molar-refractivity contribution in [3.05, 3.63) is 23.5 Å². The molecule has 3 unspecified atom stereocenters. The molecule has 21 heavy (non-hydrogen) atoms. The van der Waals surface area contributed by atoms with Crippen LogP contribution in [0.3, 0.4) is 0 Å². The molecule has 1 heterocycles. The second kappa shape index (κ2) is 6.92. The van der Waals surface area contributed by atoms with Crippen LogP contribution >= 0.6 is 0 Å². The number of aromatic nitrogens is 1. The van der Waals surface area contributed by atoms with Crippen LogP contribution < -0.4 is 10.6 Å². The molecule has 4 nitrogen and oxygen atoms in total. The van der Waals surface area contributed by atoms with Crippen LogP contribution in [-0.4, -0.2) is 23.5 Å². The van der Waals surface area contributed by atoms with Gasteiger partial charge in [0.15, 0.2) is 0 Å². The third-order valence-electron chi connectivity index (χ3n) is 4.40. The standard InChI is InChI=1S/C17H27N3O/c1-5-18-16-9-13(4)19-10-14(16)17(21)20-15-7-6-11(2)8-12(15)3/h9-12,15H,5-8H2,1-4H3,(H,18,19)(H,20,21). The first-order valence-corrected chi connectivity index (χ1v) is 8.02. The Labute approximate surface area is 127 Å². The van der Waals surface area contributed by atoms with Crippen molar-refractivity contribution in [2.45, 2.75) is 53.0 Å². The molecular weight excluding hydrogens is 262 g/mol. The summed E-state index contributed by atoms with van der Waals surface area (Å²) in [4.78, 5) is 16.8. The first-order valence-electron chi connectivity index (χ1n) is 8.02. The minimum absolute atomic E-state index is 0.00940. The fourth-order valence-electron chi connectivity index (χ4n) is 3.20. The van der Waals surface area contributed by atoms with E-state index in [0.29, 0.717) is 11.5 Å². The first-order chi connectivity index (χ1) is 10.0. The molecule has 0 aromatic carbocycles. The summed E-state index contributed by atoms with van der Waals surface area (Å²) in [5, 5.41) is 6.46. The normalized spacial score (nSPS) is 25.4. The Morgan fingerprint density at radius 2 is 2.14 bits per heavy atom. The van der Waals surface area contributed by atoms with Crippen LogP contribution in [0, 0.1) is 18.8 Å². The Morgan fingerprint density at radius 1 is 1.38 bits per heavy atom. The van der Waals surface area contributed by atoms with Crippen LogP contribution in [0.4, 0.5) is 5.69 Å². The van der Waals surface area contributed by atoms with E-state index in [1.807, 2.05) is 19.9 Å². The number of hydrogen-bond donors (Lipinski definition) is 2. The van der Waals surface area contributed by atoms with Gasteiger partial charge in [-0.15, -0.1) is 0 Å². The molecule has 1 aliphatic rings. The molecule has 0 aliphatic heterocycles. The fraction of sp³-hybridized carbons (Fsp3) is 0.647. The molecular formula is C17H27N3O. The molecule has 1 aromatic heterocycles. The van der Waals surface area contributed by atoms with Crippen molar-refractivity contribution in [3.8, 4) is 0 Å². The summed E-state index contributed by atoms with van der Waals surface area (Å²) in [7, 11) is 0. The highest BCUT2D eigenvalue weighted by molar-refractivity contribution is 5.99. The lowest BCUT2D eigenvalue weighted by atomic mass is 9.80. The van der Waals surface area contributed by atoms with E-state index in [4.69, 9.17) is 0 Å². The molecule has 116 valence electrons. The molecule has 2 N–H and O–H groups in total. The van der Waals surface area contributed by atoms with E-state index in [1.165, 1.54) is 12.8 Å². The van der Waals surface area contributed by atoms with Gasteiger partial charge in [-0.1, -0.05) is 13.8 Å². The summed E-state index contributed by atoms with van der Waals surface area (Å²) in [6.07, 6.45) is 5.14. The van der Waals surface area contributed by atoms with Gasteiger partial charge in [0.25, 0.3) is 5.91 Å². The summed E-state index contributed by atoms with van der Waals surface area (Å²) < 4.78 is 0. The number of nitrogens with one attached hydrogen (secondary N) is 2. The van der Waals surface area contributed by atoms with Gasteiger partial charge in [0.1, 0.15) is 0 Å². The number of aryl methyl sites for hydroxylation is 1. The molecule has 1 fully saturated rings. The second-order valence-corrected chi connectivity index (χ2v) is 6.38. The van der Waals surface area contributed by atoms with Gasteiger partial charge in [-0.2, -0.15) is 0 Å². The summed E-state index contributed by atoms with van der Waals surface area (Å²) in [5.41, 5.74) is 2.44. The Kier molecular flexibility index (Phi) is 5.21. The molecule has 1 aromatic rings. The number of amides is 1. The van der Waals surface area contributed by atoms with E-state index in [1.54, 1.807) is 6.20 Å². The molecule has 3 atom stereocenters. The number of nitrogens with zero attached hydrogens (tertiary/aromatic N) is 1. The van der Waals surface area contributed by atoms with Crippen LogP contribution in [0.2, 0.25) is 0 Å². The number of anilines is 1. The van der Waals surface area contributed by atoms with E-state index >= 15 is 0 Å². The number of rotatable bonds is 4. The van der Waals surface area contributed by atoms with E-state index in [9.17, 15) is 4.79 Å². The zero-order valence-corrected chi connectivity index (χ0v) is 13.6. The van der Waals surface area contributed by atoms with Crippen LogP contribution in [-0.2, 0) is 0 Å². The monoisotopic (exact) mass is 289 g/mol. The Bertz CT molecular complexity index is 501. The number of carbonyl (C=O) groups is 1. The van der Waals surface area contributed by atoms with Crippen LogP contribution in [0.15, 0.2) is 12.3 Å². The summed E-state index contributed by atoms with van der Waals surface area (Å²) in [6.45, 7) is 9.29. The summed E-state index contributed by atoms with van der Waals surface area (Å²) >= 11 is 0. The zero-order valence-electron chi connectivity index (χ0n) is 13.6. The summed E-state index contributed by atoms with van der Waals surface area (Å²) in [6, 6.07) is 2.22. The molecule has 1 amide bonds. The smallest absolute Gasteiger partial charge is 0.255 e. The number of pyridine rings is 1. The third-order valence-corrected chi connectivity index (χ3v) is 4.40. The van der Waals surface area contributed by atoms with Gasteiger partial charge in [-0.05, 0) is 51.0 Å². The van der Waals surface area contributed by atoms with Crippen molar-refractivity contribution in [2.24, 2.45) is 11.8 Å². The predicted octanol–water partition coefficient (Wildman–Crippen LogP) is 3.38. The van der Waals surface area contributed by atoms with Gasteiger partial charge in [0.2, 0.25) is 0 Å². The van der Waals surface area contributed by atoms with Crippen molar-refractivity contribution in [1.82, 2.24) is 10.3 Å². The molecule has 0 saturated heterocycles. The number of hydrogen-bond acceptors (Lipinski definition) is 3. The molecule has 1 aliphatic carbocycles. The average molecular weight is 289 g/mol. The van der Waals surface area contributed by atoms with Crippen molar-refractivity contribution >= 4 is 11.6 Å². The molecule has 0 radical (unpaired) electrons. The lowest BCUT2D eigenvalue weighted by Crippen LogP contribution is -2.42. The van der Waals surface area contributed by atoms with Gasteiger partial charge in [0, 0.05) is 24.5 Å². The van der Waals surface area contributed by atoms with E-state index in [0.717, 1.165) is 30.3 Å². The SMILES string of the molecule is CCNc1cc(C)ncc1C(=O)NC1CCC(C)CC1C. The average Bonchev–Trinajstić information content (AvgIpc) is 2.42. The van der Waals surface area contributed by atoms with Crippen LogP contribution in [0.25, 0.3) is 0 Å². The van der Waals surface area contributed by atoms with Gasteiger partial charge >= 0.3 is 0 Å². The second-order valence-electron chi connectivity index (χ2n) is 6.38. The quantitative estimate of drug-likeness (QED) is 0.893. The largest absolute Gasteiger partial charge is 0.385 e. The molecule has 0 spiro atoms. The molecule has 0 bridgehead atoms. The van der Waals surface area contributed by atoms with Crippen molar-refractivity contribution in [2.75, 3.05) is 11.9 Å². The highest BCUT2D eigenvalue weighted by atomic mass is 16.1. The lowest BCUT2D eigenvalue weighted by Gasteiger charge is -2.33. The zero-order chi connectivity index (χ0) is 15.4. The van der Waals surface area contributed by atoms with Gasteiger partial charge < -0.3 is 10.6 Å². The first kappa shape index (κ1) is 15.8. The van der Waals surface area contributed by atoms with Crippen LogP contribution in [0.5, 0.6) is 0 Å². The van der Waals surface area contributed by atoms with E-state index in [-0.39, 0.29) is 11.9 Å². The van der Waals surface area contributed by atoms with Crippen molar-refractivity contribution < 1.29 is 4.79 Å². The maximum absolute atomic E-state index is 12.6. The van der Waals surface area contributed by atoms with Gasteiger partial charge in [-0.3, -0.25) is 9.78 Å². The van der Waals surface area contributed by atoms with E-state index in [2.05, 4.69) is 29.5 Å². The number of carbonyl (C=O) groups excluding carboxylic acids is 1. The van der Waals surface area contributed by atoms with E-state index < -0.39 is 0 Å². The molecule has 2 rings (SSSR count). The molecule has 4 heteroatoms. The van der Waals surface area contributed by atoms with Crippen molar-refractivity contribution in [3.63, 3.8) is 0 Å². The maximum Gasteiger partial charge on any atom is 0.255 e. The van der Waals surface area contributed by atoms with Gasteiger partial charge in [0.05, 0.1) is 11.3 Å².